The van der Waals surface area contributed by atoms with Crippen molar-refractivity contribution in [1.82, 2.24) is 9.97 Å². The standard InChI is InChI=1S/C11H9BrF2N4O/c12-8-5-16-11(15)18-9(8)17-6-1-3-7(4-2-6)19-10(13)14/h1-5,10H,(H3,15,16,17,18). The number of benzene rings is 1. The Hall–Kier alpha value is -1.96. The molecule has 5 nitrogen and oxygen atoms in total. The minimum Gasteiger partial charge on any atom is -0.435 e. The molecule has 0 spiro atoms. The summed E-state index contributed by atoms with van der Waals surface area (Å²) in [5.41, 5.74) is 6.13. The summed E-state index contributed by atoms with van der Waals surface area (Å²) in [6.07, 6.45) is 1.51. The molecule has 0 fully saturated rings. The SMILES string of the molecule is Nc1ncc(Br)c(Nc2ccc(OC(F)F)cc2)n1. The van der Waals surface area contributed by atoms with Crippen molar-refractivity contribution in [2.24, 2.45) is 0 Å². The summed E-state index contributed by atoms with van der Waals surface area (Å²) >= 11 is 3.27. The summed E-state index contributed by atoms with van der Waals surface area (Å²) in [6.45, 7) is -2.84. The van der Waals surface area contributed by atoms with Crippen LogP contribution in [0, 0.1) is 0 Å². The highest BCUT2D eigenvalue weighted by Crippen LogP contribution is 2.25. The number of nitrogens with two attached hydrogens (primary N) is 1. The predicted molar refractivity (Wildman–Crippen MR) is 70.5 cm³/mol. The highest BCUT2D eigenvalue weighted by Gasteiger charge is 2.06. The molecular weight excluding hydrogens is 322 g/mol. The number of aromatic nitrogens is 2. The third kappa shape index (κ3) is 3.75. The van der Waals surface area contributed by atoms with Gasteiger partial charge in [0.15, 0.2) is 0 Å². The summed E-state index contributed by atoms with van der Waals surface area (Å²) < 4.78 is 28.9. The van der Waals surface area contributed by atoms with Crippen LogP contribution in [0.3, 0.4) is 0 Å². The topological polar surface area (TPSA) is 73.1 Å². The van der Waals surface area contributed by atoms with Crippen molar-refractivity contribution in [3.8, 4) is 5.75 Å². The van der Waals surface area contributed by atoms with Gasteiger partial charge in [0.1, 0.15) is 11.6 Å². The Balaban J connectivity index is 2.13. The molecule has 0 aliphatic rings. The Kier molecular flexibility index (Phi) is 4.10. The van der Waals surface area contributed by atoms with Crippen LogP contribution >= 0.6 is 15.9 Å². The summed E-state index contributed by atoms with van der Waals surface area (Å²) in [5, 5.41) is 2.97. The van der Waals surface area contributed by atoms with Gasteiger partial charge in [-0.05, 0) is 40.2 Å². The van der Waals surface area contributed by atoms with E-state index < -0.39 is 6.61 Å². The molecule has 1 heterocycles. The van der Waals surface area contributed by atoms with Gasteiger partial charge in [-0.25, -0.2) is 4.98 Å². The first-order chi connectivity index (χ1) is 9.04. The number of alkyl halides is 2. The lowest BCUT2D eigenvalue weighted by Gasteiger charge is -2.09. The van der Waals surface area contributed by atoms with Gasteiger partial charge in [-0.15, -0.1) is 0 Å². The number of ether oxygens (including phenoxy) is 1. The average Bonchev–Trinajstić information content (AvgIpc) is 2.35. The molecule has 2 aromatic rings. The van der Waals surface area contributed by atoms with Gasteiger partial charge in [-0.1, -0.05) is 0 Å². The molecule has 0 radical (unpaired) electrons. The second kappa shape index (κ2) is 5.79. The van der Waals surface area contributed by atoms with E-state index in [0.29, 0.717) is 16.0 Å². The normalized spacial score (nSPS) is 10.5. The van der Waals surface area contributed by atoms with Crippen LogP contribution in [0.1, 0.15) is 0 Å². The number of hydrogen-bond donors (Lipinski definition) is 2. The van der Waals surface area contributed by atoms with Crippen molar-refractivity contribution < 1.29 is 13.5 Å². The maximum atomic E-state index is 12.0. The number of halogens is 3. The lowest BCUT2D eigenvalue weighted by atomic mass is 10.3. The Bertz CT molecular complexity index is 565. The third-order valence-corrected chi connectivity index (χ3v) is 2.69. The van der Waals surface area contributed by atoms with Crippen molar-refractivity contribution >= 4 is 33.4 Å². The van der Waals surface area contributed by atoms with Gasteiger partial charge in [0.2, 0.25) is 5.95 Å². The van der Waals surface area contributed by atoms with E-state index in [-0.39, 0.29) is 11.7 Å². The third-order valence-electron chi connectivity index (χ3n) is 2.10. The molecular formula is C11H9BrF2N4O. The fourth-order valence-corrected chi connectivity index (χ4v) is 1.62. The minimum absolute atomic E-state index is 0.0850. The van der Waals surface area contributed by atoms with Gasteiger partial charge in [-0.2, -0.15) is 13.8 Å². The van der Waals surface area contributed by atoms with Crippen LogP contribution < -0.4 is 15.8 Å². The summed E-state index contributed by atoms with van der Waals surface area (Å²) in [4.78, 5) is 7.80. The predicted octanol–water partition coefficient (Wildman–Crippen LogP) is 3.17. The molecule has 100 valence electrons. The van der Waals surface area contributed by atoms with Crippen LogP contribution in [0.2, 0.25) is 0 Å². The molecule has 2 rings (SSSR count). The smallest absolute Gasteiger partial charge is 0.387 e. The van der Waals surface area contributed by atoms with E-state index in [4.69, 9.17) is 5.73 Å². The summed E-state index contributed by atoms with van der Waals surface area (Å²) in [7, 11) is 0. The minimum atomic E-state index is -2.84. The van der Waals surface area contributed by atoms with Gasteiger partial charge >= 0.3 is 6.61 Å². The first kappa shape index (κ1) is 13.5. The van der Waals surface area contributed by atoms with Crippen LogP contribution in [-0.2, 0) is 0 Å². The Morgan fingerprint density at radius 1 is 1.26 bits per heavy atom. The van der Waals surface area contributed by atoms with E-state index >= 15 is 0 Å². The van der Waals surface area contributed by atoms with Gasteiger partial charge in [-0.3, -0.25) is 0 Å². The second-order valence-corrected chi connectivity index (χ2v) is 4.31. The quantitative estimate of drug-likeness (QED) is 0.900. The molecule has 0 atom stereocenters. The molecule has 1 aromatic heterocycles. The van der Waals surface area contributed by atoms with E-state index in [1.807, 2.05) is 0 Å². The summed E-state index contributed by atoms with van der Waals surface area (Å²) in [6, 6.07) is 6.02. The number of anilines is 3. The zero-order chi connectivity index (χ0) is 13.8. The van der Waals surface area contributed by atoms with Crippen molar-refractivity contribution in [3.05, 3.63) is 34.9 Å². The van der Waals surface area contributed by atoms with Gasteiger partial charge in [0, 0.05) is 11.9 Å². The van der Waals surface area contributed by atoms with Gasteiger partial charge in [0.25, 0.3) is 0 Å². The molecule has 0 unspecified atom stereocenters. The van der Waals surface area contributed by atoms with Crippen molar-refractivity contribution in [2.75, 3.05) is 11.1 Å². The molecule has 0 aliphatic carbocycles. The molecule has 8 heteroatoms. The summed E-state index contributed by atoms with van der Waals surface area (Å²) in [5.74, 6) is 0.695. The molecule has 0 bridgehead atoms. The molecule has 0 saturated carbocycles. The fraction of sp³-hybridized carbons (Fsp3) is 0.0909. The zero-order valence-electron chi connectivity index (χ0n) is 9.48. The Labute approximate surface area is 115 Å². The molecule has 0 aliphatic heterocycles. The van der Waals surface area contributed by atoms with E-state index in [1.54, 1.807) is 12.1 Å². The van der Waals surface area contributed by atoms with E-state index in [2.05, 4.69) is 36.0 Å². The fourth-order valence-electron chi connectivity index (χ4n) is 1.32. The number of nitrogens with one attached hydrogen (secondary N) is 1. The van der Waals surface area contributed by atoms with Crippen LogP contribution in [0.15, 0.2) is 34.9 Å². The Morgan fingerprint density at radius 3 is 2.58 bits per heavy atom. The number of nitrogen functional groups attached to an aromatic ring is 1. The van der Waals surface area contributed by atoms with E-state index in [9.17, 15) is 8.78 Å². The van der Waals surface area contributed by atoms with Crippen LogP contribution in [0.4, 0.5) is 26.2 Å². The highest BCUT2D eigenvalue weighted by molar-refractivity contribution is 9.10. The van der Waals surface area contributed by atoms with E-state index in [0.717, 1.165) is 0 Å². The lowest BCUT2D eigenvalue weighted by molar-refractivity contribution is -0.0498. The largest absolute Gasteiger partial charge is 0.435 e. The highest BCUT2D eigenvalue weighted by atomic mass is 79.9. The van der Waals surface area contributed by atoms with E-state index in [1.165, 1.54) is 18.3 Å². The first-order valence-electron chi connectivity index (χ1n) is 5.14. The average molecular weight is 331 g/mol. The zero-order valence-corrected chi connectivity index (χ0v) is 11.1. The lowest BCUT2D eigenvalue weighted by Crippen LogP contribution is -2.02. The van der Waals surface area contributed by atoms with Crippen molar-refractivity contribution in [3.63, 3.8) is 0 Å². The maximum Gasteiger partial charge on any atom is 0.387 e. The first-order valence-corrected chi connectivity index (χ1v) is 5.94. The number of rotatable bonds is 4. The number of hydrogen-bond acceptors (Lipinski definition) is 5. The monoisotopic (exact) mass is 330 g/mol. The molecule has 3 N–H and O–H groups in total. The molecule has 1 aromatic carbocycles. The van der Waals surface area contributed by atoms with Gasteiger partial charge in [0.05, 0.1) is 4.47 Å². The maximum absolute atomic E-state index is 12.0. The van der Waals surface area contributed by atoms with Crippen LogP contribution in [0.25, 0.3) is 0 Å². The van der Waals surface area contributed by atoms with Crippen molar-refractivity contribution in [1.29, 1.82) is 0 Å². The van der Waals surface area contributed by atoms with Crippen LogP contribution in [0.5, 0.6) is 5.75 Å². The van der Waals surface area contributed by atoms with Crippen LogP contribution in [-0.4, -0.2) is 16.6 Å². The van der Waals surface area contributed by atoms with Crippen molar-refractivity contribution in [2.45, 2.75) is 6.61 Å². The molecule has 19 heavy (non-hydrogen) atoms. The molecule has 0 amide bonds. The molecule has 0 saturated heterocycles. The Morgan fingerprint density at radius 2 is 1.95 bits per heavy atom. The van der Waals surface area contributed by atoms with Gasteiger partial charge < -0.3 is 15.8 Å². The number of nitrogens with zero attached hydrogens (tertiary/aromatic N) is 2. The second-order valence-electron chi connectivity index (χ2n) is 3.45.